The van der Waals surface area contributed by atoms with E-state index in [1.165, 1.54) is 17.5 Å². The van der Waals surface area contributed by atoms with Crippen LogP contribution in [-0.4, -0.2) is 21.2 Å². The molecule has 0 fully saturated rings. The lowest BCUT2D eigenvalue weighted by Gasteiger charge is -2.15. The van der Waals surface area contributed by atoms with Crippen molar-refractivity contribution in [2.75, 3.05) is 0 Å². The van der Waals surface area contributed by atoms with E-state index >= 15 is 0 Å². The molecule has 2 aromatic heterocycles. The molecular formula is C13H14N2O3S. The van der Waals surface area contributed by atoms with Crippen LogP contribution >= 0.6 is 11.3 Å². The molecule has 0 aliphatic rings. The maximum absolute atomic E-state index is 10.9. The molecule has 2 heterocycles. The molecule has 0 amide bonds. The van der Waals surface area contributed by atoms with Gasteiger partial charge in [0.25, 0.3) is 0 Å². The van der Waals surface area contributed by atoms with Crippen LogP contribution < -0.4 is 5.32 Å². The van der Waals surface area contributed by atoms with E-state index < -0.39 is 5.97 Å². The highest BCUT2D eigenvalue weighted by molar-refractivity contribution is 7.10. The quantitative estimate of drug-likeness (QED) is 0.754. The number of aliphatic carboxylic acids is 1. The highest BCUT2D eigenvalue weighted by Gasteiger charge is 2.16. The van der Waals surface area contributed by atoms with Gasteiger partial charge in [0.05, 0.1) is 24.4 Å². The van der Waals surface area contributed by atoms with Gasteiger partial charge in [0, 0.05) is 11.4 Å². The molecule has 2 rings (SSSR count). The Labute approximate surface area is 114 Å². The van der Waals surface area contributed by atoms with Crippen molar-refractivity contribution in [3.63, 3.8) is 0 Å². The number of nitrogens with one attached hydrogen (secondary N) is 1. The average molecular weight is 278 g/mol. The molecule has 19 heavy (non-hydrogen) atoms. The Hall–Kier alpha value is -1.92. The molecule has 3 N–H and O–H groups in total. The smallest absolute Gasteiger partial charge is 0.305 e. The summed E-state index contributed by atoms with van der Waals surface area (Å²) in [7, 11) is 0. The van der Waals surface area contributed by atoms with Crippen molar-refractivity contribution in [2.24, 2.45) is 0 Å². The molecule has 0 aromatic carbocycles. The van der Waals surface area contributed by atoms with Crippen LogP contribution in [0.1, 0.15) is 23.0 Å². The summed E-state index contributed by atoms with van der Waals surface area (Å²) in [6.45, 7) is 0.454. The minimum absolute atomic E-state index is 0.0264. The van der Waals surface area contributed by atoms with E-state index in [0.29, 0.717) is 6.54 Å². The van der Waals surface area contributed by atoms with Crippen LogP contribution in [0, 0.1) is 0 Å². The minimum Gasteiger partial charge on any atom is -0.506 e. The van der Waals surface area contributed by atoms with Crippen molar-refractivity contribution in [1.29, 1.82) is 0 Å². The number of nitrogens with zero attached hydrogens (tertiary/aromatic N) is 1. The fourth-order valence-corrected chi connectivity index (χ4v) is 2.49. The van der Waals surface area contributed by atoms with Crippen molar-refractivity contribution in [2.45, 2.75) is 19.0 Å². The third-order valence-corrected chi connectivity index (χ3v) is 3.59. The summed E-state index contributed by atoms with van der Waals surface area (Å²) in [4.78, 5) is 15.9. The Morgan fingerprint density at radius 3 is 2.84 bits per heavy atom. The Bertz CT molecular complexity index is 525. The van der Waals surface area contributed by atoms with Crippen molar-refractivity contribution < 1.29 is 15.0 Å². The number of hydrogen-bond donors (Lipinski definition) is 3. The number of pyridine rings is 1. The van der Waals surface area contributed by atoms with Crippen LogP contribution in [0.5, 0.6) is 5.75 Å². The molecule has 0 saturated heterocycles. The van der Waals surface area contributed by atoms with Gasteiger partial charge in [-0.25, -0.2) is 0 Å². The van der Waals surface area contributed by atoms with E-state index in [0.717, 1.165) is 10.6 Å². The molecule has 6 heteroatoms. The zero-order valence-electron chi connectivity index (χ0n) is 10.1. The van der Waals surface area contributed by atoms with Crippen LogP contribution in [-0.2, 0) is 11.3 Å². The molecule has 2 aromatic rings. The lowest BCUT2D eigenvalue weighted by molar-refractivity contribution is -0.137. The lowest BCUT2D eigenvalue weighted by atomic mass is 10.1. The first-order chi connectivity index (χ1) is 9.15. The van der Waals surface area contributed by atoms with E-state index in [1.54, 1.807) is 12.1 Å². The van der Waals surface area contributed by atoms with Crippen molar-refractivity contribution in [3.05, 3.63) is 46.4 Å². The summed E-state index contributed by atoms with van der Waals surface area (Å²) in [5.41, 5.74) is 0.754. The van der Waals surface area contributed by atoms with Crippen LogP contribution in [0.3, 0.4) is 0 Å². The number of rotatable bonds is 6. The zero-order valence-corrected chi connectivity index (χ0v) is 10.9. The molecule has 5 nitrogen and oxygen atoms in total. The summed E-state index contributed by atoms with van der Waals surface area (Å²) in [6.07, 6.45) is 1.40. The largest absolute Gasteiger partial charge is 0.506 e. The van der Waals surface area contributed by atoms with Gasteiger partial charge in [-0.15, -0.1) is 11.3 Å². The fraction of sp³-hybridized carbons (Fsp3) is 0.231. The first-order valence-electron chi connectivity index (χ1n) is 5.77. The normalized spacial score (nSPS) is 12.2. The van der Waals surface area contributed by atoms with Crippen LogP contribution in [0.15, 0.2) is 35.8 Å². The predicted octanol–water partition coefficient (Wildman–Crippen LogP) is 2.15. The van der Waals surface area contributed by atoms with Crippen LogP contribution in [0.4, 0.5) is 0 Å². The number of aromatic nitrogens is 1. The number of thiophene rings is 1. The highest BCUT2D eigenvalue weighted by Crippen LogP contribution is 2.22. The first kappa shape index (κ1) is 13.5. The number of carboxylic acid groups (broad SMARTS) is 1. The van der Waals surface area contributed by atoms with Gasteiger partial charge in [0.2, 0.25) is 0 Å². The summed E-state index contributed by atoms with van der Waals surface area (Å²) < 4.78 is 0. The third kappa shape index (κ3) is 4.04. The van der Waals surface area contributed by atoms with Gasteiger partial charge in [-0.2, -0.15) is 0 Å². The molecule has 0 bridgehead atoms. The maximum Gasteiger partial charge on any atom is 0.305 e. The van der Waals surface area contributed by atoms with Crippen molar-refractivity contribution in [3.8, 4) is 5.75 Å². The molecule has 0 saturated carbocycles. The average Bonchev–Trinajstić information content (AvgIpc) is 2.90. The van der Waals surface area contributed by atoms with Crippen LogP contribution in [0.25, 0.3) is 0 Å². The second kappa shape index (κ2) is 6.31. The number of carbonyl (C=O) groups is 1. The van der Waals surface area contributed by atoms with Gasteiger partial charge < -0.3 is 15.5 Å². The van der Waals surface area contributed by atoms with Gasteiger partial charge in [-0.05, 0) is 23.6 Å². The van der Waals surface area contributed by atoms with Gasteiger partial charge in [-0.3, -0.25) is 9.78 Å². The monoisotopic (exact) mass is 278 g/mol. The Morgan fingerprint density at radius 1 is 1.42 bits per heavy atom. The third-order valence-electron chi connectivity index (χ3n) is 2.60. The van der Waals surface area contributed by atoms with Gasteiger partial charge in [0.15, 0.2) is 0 Å². The fourth-order valence-electron chi connectivity index (χ4n) is 1.69. The first-order valence-corrected chi connectivity index (χ1v) is 6.65. The van der Waals surface area contributed by atoms with E-state index in [1.807, 2.05) is 17.5 Å². The molecule has 1 atom stereocenters. The van der Waals surface area contributed by atoms with E-state index in [2.05, 4.69) is 10.3 Å². The lowest BCUT2D eigenvalue weighted by Crippen LogP contribution is -2.23. The SMILES string of the molecule is O=C(O)CC(NCc1ccc(O)cn1)c1cccs1. The van der Waals surface area contributed by atoms with Crippen LogP contribution in [0.2, 0.25) is 0 Å². The molecule has 100 valence electrons. The molecule has 0 aliphatic heterocycles. The summed E-state index contributed by atoms with van der Waals surface area (Å²) in [6, 6.07) is 6.84. The Balaban J connectivity index is 2.00. The molecule has 0 spiro atoms. The molecular weight excluding hydrogens is 264 g/mol. The standard InChI is InChI=1S/C13H14N2O3S/c16-10-4-3-9(14-8-10)7-15-11(6-13(17)18)12-2-1-5-19-12/h1-5,8,11,15-16H,6-7H2,(H,17,18). The van der Waals surface area contributed by atoms with Gasteiger partial charge in [-0.1, -0.05) is 6.07 Å². The molecule has 0 aliphatic carbocycles. The van der Waals surface area contributed by atoms with Gasteiger partial charge >= 0.3 is 5.97 Å². The topological polar surface area (TPSA) is 82.5 Å². The van der Waals surface area contributed by atoms with E-state index in [-0.39, 0.29) is 18.2 Å². The van der Waals surface area contributed by atoms with E-state index in [9.17, 15) is 4.79 Å². The minimum atomic E-state index is -0.843. The number of aromatic hydroxyl groups is 1. The summed E-state index contributed by atoms with van der Waals surface area (Å²) >= 11 is 1.52. The second-order valence-corrected chi connectivity index (χ2v) is 5.03. The second-order valence-electron chi connectivity index (χ2n) is 4.05. The molecule has 1 unspecified atom stereocenters. The Morgan fingerprint density at radius 2 is 2.26 bits per heavy atom. The van der Waals surface area contributed by atoms with Gasteiger partial charge in [0.1, 0.15) is 5.75 Å². The predicted molar refractivity (Wildman–Crippen MR) is 72.1 cm³/mol. The zero-order chi connectivity index (χ0) is 13.7. The summed E-state index contributed by atoms with van der Waals surface area (Å²) in [5, 5.41) is 23.2. The summed E-state index contributed by atoms with van der Waals surface area (Å²) in [5.74, 6) is -0.728. The van der Waals surface area contributed by atoms with Crippen molar-refractivity contribution in [1.82, 2.24) is 10.3 Å². The molecule has 0 radical (unpaired) electrons. The highest BCUT2D eigenvalue weighted by atomic mass is 32.1. The number of hydrogen-bond acceptors (Lipinski definition) is 5. The number of carboxylic acids is 1. The van der Waals surface area contributed by atoms with E-state index in [4.69, 9.17) is 10.2 Å². The van der Waals surface area contributed by atoms with Crippen molar-refractivity contribution >= 4 is 17.3 Å². The Kier molecular flexibility index (Phi) is 4.48. The maximum atomic E-state index is 10.9.